The Kier molecular flexibility index (Phi) is 21.2. The lowest BCUT2D eigenvalue weighted by Gasteiger charge is -2.41. The van der Waals surface area contributed by atoms with Gasteiger partial charge in [0.25, 0.3) is 0 Å². The first-order valence-electron chi connectivity index (χ1n) is 22.1. The number of benzene rings is 2. The largest absolute Gasteiger partial charge is 0.399 e. The van der Waals surface area contributed by atoms with Crippen molar-refractivity contribution in [3.8, 4) is 0 Å². The average Bonchev–Trinajstić information content (AvgIpc) is 3.73. The smallest absolute Gasteiger partial charge is 0.243 e. The molecule has 340 valence electrons. The predicted octanol–water partition coefficient (Wildman–Crippen LogP) is 4.41. The number of hydrogen-bond acceptors (Lipinski definition) is 9. The Hall–Kier alpha value is -4.53. The maximum absolute atomic E-state index is 14.4. The van der Waals surface area contributed by atoms with E-state index in [1.807, 2.05) is 80.2 Å². The van der Waals surface area contributed by atoms with Crippen LogP contribution in [0.25, 0.3) is 0 Å². The molecule has 2 aromatic carbocycles. The van der Waals surface area contributed by atoms with E-state index in [4.69, 9.17) is 15.2 Å². The van der Waals surface area contributed by atoms with Crippen LogP contribution in [-0.4, -0.2) is 129 Å². The van der Waals surface area contributed by atoms with Gasteiger partial charge in [0.15, 0.2) is 0 Å². The zero-order chi connectivity index (χ0) is 45.2. The maximum atomic E-state index is 14.4. The monoisotopic (exact) mass is 850 g/mol. The average molecular weight is 850 g/mol. The number of amides is 5. The number of methoxy groups -OCH3 is 2. The summed E-state index contributed by atoms with van der Waals surface area (Å²) in [6, 6.07) is 14.7. The Balaban J connectivity index is 1.79. The van der Waals surface area contributed by atoms with E-state index in [1.165, 1.54) is 0 Å². The Labute approximate surface area is 365 Å². The van der Waals surface area contributed by atoms with Crippen molar-refractivity contribution < 1.29 is 33.4 Å². The van der Waals surface area contributed by atoms with Gasteiger partial charge in [0.2, 0.25) is 29.5 Å². The fourth-order valence-electron chi connectivity index (χ4n) is 8.62. The molecule has 1 aliphatic rings. The molecule has 0 radical (unpaired) electrons. The van der Waals surface area contributed by atoms with Gasteiger partial charge in [0.1, 0.15) is 6.04 Å². The topological polar surface area (TPSA) is 176 Å². The first kappa shape index (κ1) is 50.8. The lowest BCUT2D eigenvalue weighted by molar-refractivity contribution is -0.147. The molecule has 0 bridgehead atoms. The number of nitrogens with zero attached hydrogens (tertiary/aromatic N) is 3. The van der Waals surface area contributed by atoms with Gasteiger partial charge >= 0.3 is 0 Å². The summed E-state index contributed by atoms with van der Waals surface area (Å²) in [5.41, 5.74) is 8.23. The van der Waals surface area contributed by atoms with Crippen LogP contribution in [-0.2, 0) is 46.4 Å². The summed E-state index contributed by atoms with van der Waals surface area (Å²) >= 11 is 0. The first-order chi connectivity index (χ1) is 29.1. The van der Waals surface area contributed by atoms with Gasteiger partial charge in [-0.1, -0.05) is 96.8 Å². The van der Waals surface area contributed by atoms with Gasteiger partial charge in [0.05, 0.1) is 49.2 Å². The number of carbonyl (C=O) groups is 5. The molecule has 0 aromatic heterocycles. The second-order valence-corrected chi connectivity index (χ2v) is 17.2. The minimum atomic E-state index is -0.860. The van der Waals surface area contributed by atoms with E-state index in [-0.39, 0.29) is 73.3 Å². The summed E-state index contributed by atoms with van der Waals surface area (Å²) in [4.78, 5) is 74.8. The molecular weight excluding hydrogens is 775 g/mol. The molecule has 8 atom stereocenters. The lowest BCUT2D eigenvalue weighted by Crippen LogP contribution is -2.57. The molecule has 1 unspecified atom stereocenters. The number of nitrogens with one attached hydrogen (secondary N) is 3. The van der Waals surface area contributed by atoms with Crippen molar-refractivity contribution in [2.45, 2.75) is 129 Å². The van der Waals surface area contributed by atoms with E-state index in [0.29, 0.717) is 25.2 Å². The Morgan fingerprint density at radius 3 is 2.11 bits per heavy atom. The van der Waals surface area contributed by atoms with Gasteiger partial charge in [-0.3, -0.25) is 28.9 Å². The van der Waals surface area contributed by atoms with E-state index < -0.39 is 36.3 Å². The highest BCUT2D eigenvalue weighted by Gasteiger charge is 2.43. The fraction of sp³-hybridized carbons (Fsp3) is 0.638. The van der Waals surface area contributed by atoms with Gasteiger partial charge < -0.3 is 41.0 Å². The molecule has 0 aliphatic carbocycles. The van der Waals surface area contributed by atoms with E-state index in [1.54, 1.807) is 38.2 Å². The molecule has 0 spiro atoms. The number of carbonyl (C=O) groups excluding carboxylic acids is 5. The summed E-state index contributed by atoms with van der Waals surface area (Å²) in [5.74, 6) is -1.93. The number of hydrogen-bond donors (Lipinski definition) is 4. The number of nitrogens with two attached hydrogens (primary N) is 1. The third-order valence-electron chi connectivity index (χ3n) is 12.1. The number of nitrogen functional groups attached to an aromatic ring is 1. The molecule has 1 aliphatic heterocycles. The fourth-order valence-corrected chi connectivity index (χ4v) is 8.62. The molecular formula is C47H75N7O7. The number of unbranched alkanes of at least 4 members (excludes halogenated alkanes) is 1. The van der Waals surface area contributed by atoms with Gasteiger partial charge in [-0.25, -0.2) is 0 Å². The Morgan fingerprint density at radius 1 is 0.869 bits per heavy atom. The summed E-state index contributed by atoms with van der Waals surface area (Å²) in [5, 5.41) is 8.85. The van der Waals surface area contributed by atoms with Crippen molar-refractivity contribution in [2.75, 3.05) is 53.7 Å². The highest BCUT2D eigenvalue weighted by molar-refractivity contribution is 5.89. The van der Waals surface area contributed by atoms with Crippen LogP contribution in [0.5, 0.6) is 0 Å². The minimum Gasteiger partial charge on any atom is -0.399 e. The SMILES string of the molecule is CCCCN(C(=O)CNC(=O)[C@H](C(C)C)N(C)C)[C@@H]([C@@H](C)CC)[C@@H](CC(=O)N1CCC[C@H]1[C@H](OC)[C@@H](C)C(=O)NC(Cc1ccccc1)C(=O)NCc1ccc(N)cc1)OC. The molecule has 14 heteroatoms. The van der Waals surface area contributed by atoms with Crippen LogP contribution in [0, 0.1) is 17.8 Å². The van der Waals surface area contributed by atoms with E-state index in [0.717, 1.165) is 36.8 Å². The highest BCUT2D eigenvalue weighted by Crippen LogP contribution is 2.30. The lowest BCUT2D eigenvalue weighted by atomic mass is 9.89. The summed E-state index contributed by atoms with van der Waals surface area (Å²) in [6.07, 6.45) is 2.74. The predicted molar refractivity (Wildman–Crippen MR) is 240 cm³/mol. The molecule has 1 heterocycles. The van der Waals surface area contributed by atoms with Crippen molar-refractivity contribution in [3.63, 3.8) is 0 Å². The van der Waals surface area contributed by atoms with Crippen molar-refractivity contribution in [2.24, 2.45) is 17.8 Å². The van der Waals surface area contributed by atoms with Gasteiger partial charge in [-0.2, -0.15) is 0 Å². The summed E-state index contributed by atoms with van der Waals surface area (Å²) < 4.78 is 12.1. The van der Waals surface area contributed by atoms with Crippen molar-refractivity contribution in [1.29, 1.82) is 0 Å². The Bertz CT molecular complexity index is 1670. The van der Waals surface area contributed by atoms with Crippen LogP contribution in [0.1, 0.15) is 91.2 Å². The van der Waals surface area contributed by atoms with Crippen LogP contribution >= 0.6 is 0 Å². The number of likely N-dealkylation sites (tertiary alicyclic amines) is 1. The first-order valence-corrected chi connectivity index (χ1v) is 22.1. The second kappa shape index (κ2) is 25.4. The van der Waals surface area contributed by atoms with Crippen molar-refractivity contribution >= 4 is 35.2 Å². The van der Waals surface area contributed by atoms with E-state index >= 15 is 0 Å². The standard InChI is InChI=1S/C47H75N7O7/c1-11-13-25-54(41(56)30-50-47(59)42(31(3)4)52(7)8)43(32(5)12-2)39(60-9)28-40(55)53-26-17-20-38(53)44(61-10)33(6)45(57)51-37(27-34-18-15-14-16-19-34)46(58)49-29-35-21-23-36(48)24-22-35/h14-16,18-19,21-24,31-33,37-39,42-44H,11-13,17,20,25-30,48H2,1-10H3,(H,49,58)(H,50,59)(H,51,57)/t32-,33+,37?,38-,39+,42-,43-,44+/m0/s1. The number of ether oxygens (including phenoxy) is 2. The van der Waals surface area contributed by atoms with Gasteiger partial charge in [-0.15, -0.1) is 0 Å². The van der Waals surface area contributed by atoms with Crippen LogP contribution in [0.15, 0.2) is 54.6 Å². The van der Waals surface area contributed by atoms with Crippen LogP contribution < -0.4 is 21.7 Å². The van der Waals surface area contributed by atoms with Crippen molar-refractivity contribution in [3.05, 3.63) is 65.7 Å². The quantitative estimate of drug-likeness (QED) is 0.106. The molecule has 0 saturated carbocycles. The molecule has 14 nitrogen and oxygen atoms in total. The van der Waals surface area contributed by atoms with Crippen LogP contribution in [0.4, 0.5) is 5.69 Å². The zero-order valence-corrected chi connectivity index (χ0v) is 38.4. The highest BCUT2D eigenvalue weighted by atomic mass is 16.5. The molecule has 5 N–H and O–H groups in total. The molecule has 61 heavy (non-hydrogen) atoms. The molecule has 2 aromatic rings. The normalized spacial score (nSPS) is 17.5. The maximum Gasteiger partial charge on any atom is 0.243 e. The van der Waals surface area contributed by atoms with E-state index in [9.17, 15) is 24.0 Å². The van der Waals surface area contributed by atoms with Crippen LogP contribution in [0.3, 0.4) is 0 Å². The third kappa shape index (κ3) is 14.8. The third-order valence-corrected chi connectivity index (χ3v) is 12.1. The van der Waals surface area contributed by atoms with Crippen molar-refractivity contribution in [1.82, 2.24) is 30.7 Å². The molecule has 1 saturated heterocycles. The Morgan fingerprint density at radius 2 is 1.54 bits per heavy atom. The zero-order valence-electron chi connectivity index (χ0n) is 38.4. The summed E-state index contributed by atoms with van der Waals surface area (Å²) in [6.45, 7) is 13.0. The number of anilines is 1. The van der Waals surface area contributed by atoms with Gasteiger partial charge in [0, 0.05) is 46.0 Å². The molecule has 3 rings (SSSR count). The molecule has 5 amide bonds. The van der Waals surface area contributed by atoms with Gasteiger partial charge in [-0.05, 0) is 68.5 Å². The van der Waals surface area contributed by atoms with E-state index in [2.05, 4.69) is 36.7 Å². The summed E-state index contributed by atoms with van der Waals surface area (Å²) in [7, 11) is 6.82. The second-order valence-electron chi connectivity index (χ2n) is 17.2. The number of likely N-dealkylation sites (N-methyl/N-ethyl adjacent to an activating group) is 1. The van der Waals surface area contributed by atoms with Crippen LogP contribution in [0.2, 0.25) is 0 Å². The minimum absolute atomic E-state index is 0.0169. The number of rotatable bonds is 25. The molecule has 1 fully saturated rings.